The number of ether oxygens (including phenoxy) is 1. The van der Waals surface area contributed by atoms with Crippen LogP contribution in [0.2, 0.25) is 0 Å². The van der Waals surface area contributed by atoms with Crippen LogP contribution in [0.15, 0.2) is 18.7 Å². The van der Waals surface area contributed by atoms with Crippen molar-refractivity contribution in [3.8, 4) is 17.3 Å². The van der Waals surface area contributed by atoms with Gasteiger partial charge in [-0.2, -0.15) is 15.5 Å². The third-order valence-electron chi connectivity index (χ3n) is 5.27. The van der Waals surface area contributed by atoms with Gasteiger partial charge in [0.15, 0.2) is 5.65 Å². The van der Waals surface area contributed by atoms with Crippen molar-refractivity contribution in [2.45, 2.75) is 31.8 Å². The number of rotatable bonds is 6. The SMILES string of the molecule is COCCn1cc(-c2nn(C3CCCN(C(=O)CC#N)C3)c3ncnc(N)c23)cn1. The average molecular weight is 409 g/mol. The maximum absolute atomic E-state index is 12.2. The fourth-order valence-electron chi connectivity index (χ4n) is 3.81. The van der Waals surface area contributed by atoms with Crippen LogP contribution in [-0.4, -0.2) is 67.1 Å². The predicted molar refractivity (Wildman–Crippen MR) is 108 cm³/mol. The van der Waals surface area contributed by atoms with Gasteiger partial charge in [-0.1, -0.05) is 0 Å². The molecular formula is C19H23N9O2. The maximum Gasteiger partial charge on any atom is 0.236 e. The lowest BCUT2D eigenvalue weighted by Crippen LogP contribution is -2.40. The summed E-state index contributed by atoms with van der Waals surface area (Å²) in [4.78, 5) is 22.5. The number of nitrogens with two attached hydrogens (primary N) is 1. The number of anilines is 1. The van der Waals surface area contributed by atoms with Gasteiger partial charge in [-0.05, 0) is 12.8 Å². The first-order chi connectivity index (χ1) is 14.6. The Morgan fingerprint density at radius 3 is 3.10 bits per heavy atom. The Morgan fingerprint density at radius 2 is 2.30 bits per heavy atom. The van der Waals surface area contributed by atoms with E-state index in [4.69, 9.17) is 20.8 Å². The van der Waals surface area contributed by atoms with Crippen molar-refractivity contribution in [1.29, 1.82) is 5.26 Å². The van der Waals surface area contributed by atoms with E-state index in [-0.39, 0.29) is 18.4 Å². The summed E-state index contributed by atoms with van der Waals surface area (Å²) in [6, 6.07) is 1.87. The van der Waals surface area contributed by atoms with Crippen LogP contribution in [0.3, 0.4) is 0 Å². The Labute approximate surface area is 173 Å². The molecule has 0 aliphatic carbocycles. The number of fused-ring (bicyclic) bond motifs is 1. The van der Waals surface area contributed by atoms with Crippen LogP contribution in [0, 0.1) is 11.3 Å². The van der Waals surface area contributed by atoms with Gasteiger partial charge < -0.3 is 15.4 Å². The number of nitriles is 1. The molecule has 11 heteroatoms. The van der Waals surface area contributed by atoms with Crippen LogP contribution in [0.1, 0.15) is 25.3 Å². The monoisotopic (exact) mass is 409 g/mol. The smallest absolute Gasteiger partial charge is 0.236 e. The topological polar surface area (TPSA) is 141 Å². The minimum Gasteiger partial charge on any atom is -0.383 e. The molecule has 1 unspecified atom stereocenters. The van der Waals surface area contributed by atoms with Crippen molar-refractivity contribution in [1.82, 2.24) is 34.4 Å². The summed E-state index contributed by atoms with van der Waals surface area (Å²) in [6.07, 6.45) is 6.60. The molecule has 1 aliphatic heterocycles. The van der Waals surface area contributed by atoms with Crippen LogP contribution in [-0.2, 0) is 16.1 Å². The van der Waals surface area contributed by atoms with E-state index in [2.05, 4.69) is 15.1 Å². The van der Waals surface area contributed by atoms with Crippen LogP contribution in [0.5, 0.6) is 0 Å². The molecule has 0 saturated carbocycles. The summed E-state index contributed by atoms with van der Waals surface area (Å²) in [5.41, 5.74) is 8.28. The first-order valence-electron chi connectivity index (χ1n) is 9.77. The van der Waals surface area contributed by atoms with Gasteiger partial charge in [-0.25, -0.2) is 14.6 Å². The van der Waals surface area contributed by atoms with E-state index in [0.29, 0.717) is 48.8 Å². The summed E-state index contributed by atoms with van der Waals surface area (Å²) in [5, 5.41) is 18.7. The highest BCUT2D eigenvalue weighted by Gasteiger charge is 2.28. The Morgan fingerprint density at radius 1 is 1.43 bits per heavy atom. The third-order valence-corrected chi connectivity index (χ3v) is 5.27. The van der Waals surface area contributed by atoms with Crippen molar-refractivity contribution in [2.75, 3.05) is 32.5 Å². The molecule has 4 rings (SSSR count). The van der Waals surface area contributed by atoms with E-state index in [1.165, 1.54) is 6.33 Å². The van der Waals surface area contributed by atoms with Gasteiger partial charge in [0, 0.05) is 32.0 Å². The Bertz CT molecular complexity index is 1100. The van der Waals surface area contributed by atoms with E-state index in [1.807, 2.05) is 16.9 Å². The van der Waals surface area contributed by atoms with E-state index >= 15 is 0 Å². The van der Waals surface area contributed by atoms with E-state index in [1.54, 1.807) is 22.9 Å². The molecule has 11 nitrogen and oxygen atoms in total. The zero-order valence-corrected chi connectivity index (χ0v) is 16.7. The average Bonchev–Trinajstić information content (AvgIpc) is 3.38. The van der Waals surface area contributed by atoms with E-state index < -0.39 is 0 Å². The lowest BCUT2D eigenvalue weighted by molar-refractivity contribution is -0.131. The summed E-state index contributed by atoms with van der Waals surface area (Å²) in [7, 11) is 1.65. The summed E-state index contributed by atoms with van der Waals surface area (Å²) < 4.78 is 8.73. The van der Waals surface area contributed by atoms with Gasteiger partial charge in [0.25, 0.3) is 0 Å². The van der Waals surface area contributed by atoms with Crippen molar-refractivity contribution in [3.63, 3.8) is 0 Å². The number of hydrogen-bond acceptors (Lipinski definition) is 8. The quantitative estimate of drug-likeness (QED) is 0.635. The number of aromatic nitrogens is 6. The molecule has 30 heavy (non-hydrogen) atoms. The molecule has 2 N–H and O–H groups in total. The van der Waals surface area contributed by atoms with Gasteiger partial charge in [-0.3, -0.25) is 9.48 Å². The standard InChI is InChI=1S/C19H23N9O2/c1-30-8-7-27-10-13(9-24-27)17-16-18(21)22-12-23-19(16)28(25-17)14-3-2-6-26(11-14)15(29)4-5-20/h9-10,12,14H,2-4,6-8,11H2,1H3,(H2,21,22,23). The molecule has 1 atom stereocenters. The molecule has 0 radical (unpaired) electrons. The number of piperidine rings is 1. The maximum atomic E-state index is 12.2. The summed E-state index contributed by atoms with van der Waals surface area (Å²) in [5.74, 6) is 0.187. The normalized spacial score (nSPS) is 16.7. The molecule has 0 bridgehead atoms. The van der Waals surface area contributed by atoms with Gasteiger partial charge in [0.2, 0.25) is 5.91 Å². The molecule has 1 aliphatic rings. The number of amides is 1. The number of nitrogens with zero attached hydrogens (tertiary/aromatic N) is 8. The Kier molecular flexibility index (Phi) is 5.58. The summed E-state index contributed by atoms with van der Waals surface area (Å²) in [6.45, 7) is 2.30. The number of carbonyl (C=O) groups is 1. The highest BCUT2D eigenvalue weighted by molar-refractivity contribution is 5.98. The van der Waals surface area contributed by atoms with Crippen LogP contribution in [0.25, 0.3) is 22.3 Å². The number of carbonyl (C=O) groups excluding carboxylic acids is 1. The Balaban J connectivity index is 1.71. The molecule has 3 aromatic rings. The minimum absolute atomic E-state index is 0.0597. The molecule has 4 heterocycles. The van der Waals surface area contributed by atoms with Crippen molar-refractivity contribution in [2.24, 2.45) is 0 Å². The molecule has 0 aromatic carbocycles. The fourth-order valence-corrected chi connectivity index (χ4v) is 3.81. The number of hydrogen-bond donors (Lipinski definition) is 1. The van der Waals surface area contributed by atoms with Gasteiger partial charge in [0.05, 0.1) is 36.8 Å². The largest absolute Gasteiger partial charge is 0.383 e. The van der Waals surface area contributed by atoms with Gasteiger partial charge in [0.1, 0.15) is 24.3 Å². The first kappa shape index (κ1) is 19.8. The van der Waals surface area contributed by atoms with Crippen LogP contribution in [0.4, 0.5) is 5.82 Å². The second-order valence-electron chi connectivity index (χ2n) is 7.21. The number of methoxy groups -OCH3 is 1. The zero-order valence-electron chi connectivity index (χ0n) is 16.7. The fraction of sp³-hybridized carbons (Fsp3) is 0.474. The second-order valence-corrected chi connectivity index (χ2v) is 7.21. The number of nitrogen functional groups attached to an aromatic ring is 1. The molecular weight excluding hydrogens is 386 g/mol. The van der Waals surface area contributed by atoms with Crippen LogP contribution < -0.4 is 5.73 Å². The number of likely N-dealkylation sites (tertiary alicyclic amines) is 1. The van der Waals surface area contributed by atoms with Crippen LogP contribution >= 0.6 is 0 Å². The highest BCUT2D eigenvalue weighted by Crippen LogP contribution is 2.33. The lowest BCUT2D eigenvalue weighted by Gasteiger charge is -2.32. The van der Waals surface area contributed by atoms with E-state index in [9.17, 15) is 4.79 Å². The molecule has 0 spiro atoms. The van der Waals surface area contributed by atoms with Crippen molar-refractivity contribution in [3.05, 3.63) is 18.7 Å². The van der Waals surface area contributed by atoms with Gasteiger partial charge in [-0.15, -0.1) is 0 Å². The third kappa shape index (κ3) is 3.69. The van der Waals surface area contributed by atoms with Crippen molar-refractivity contribution < 1.29 is 9.53 Å². The molecule has 1 fully saturated rings. The lowest BCUT2D eigenvalue weighted by atomic mass is 10.1. The molecule has 156 valence electrons. The predicted octanol–water partition coefficient (Wildman–Crippen LogP) is 0.996. The molecule has 1 saturated heterocycles. The summed E-state index contributed by atoms with van der Waals surface area (Å²) >= 11 is 0. The molecule has 3 aromatic heterocycles. The Hall–Kier alpha value is -3.52. The second kappa shape index (κ2) is 8.46. The molecule has 1 amide bonds. The van der Waals surface area contributed by atoms with E-state index in [0.717, 1.165) is 18.4 Å². The first-order valence-corrected chi connectivity index (χ1v) is 9.77. The highest BCUT2D eigenvalue weighted by atomic mass is 16.5. The minimum atomic E-state index is -0.160. The van der Waals surface area contributed by atoms with Gasteiger partial charge >= 0.3 is 0 Å². The van der Waals surface area contributed by atoms with Crippen molar-refractivity contribution >= 4 is 22.8 Å². The zero-order chi connectivity index (χ0) is 21.1.